The van der Waals surface area contributed by atoms with E-state index in [2.05, 4.69) is 65.2 Å². The van der Waals surface area contributed by atoms with Crippen LogP contribution in [-0.2, 0) is 16.0 Å². The first-order valence-electron chi connectivity index (χ1n) is 7.35. The molecule has 0 spiro atoms. The zero-order valence-electron chi connectivity index (χ0n) is 13.5. The van der Waals surface area contributed by atoms with Crippen LogP contribution >= 0.6 is 15.9 Å². The van der Waals surface area contributed by atoms with E-state index in [9.17, 15) is 0 Å². The van der Waals surface area contributed by atoms with Gasteiger partial charge < -0.3 is 19.7 Å². The molecule has 0 saturated carbocycles. The lowest BCUT2D eigenvalue weighted by Crippen LogP contribution is -2.26. The van der Waals surface area contributed by atoms with Crippen LogP contribution in [0.5, 0.6) is 0 Å². The average Bonchev–Trinajstić information content (AvgIpc) is 2.43. The molecule has 0 saturated heterocycles. The molecule has 0 radical (unpaired) electrons. The molecule has 0 aliphatic carbocycles. The molecule has 0 aliphatic rings. The third-order valence-electron chi connectivity index (χ3n) is 3.13. The average molecular weight is 359 g/mol. The number of ether oxygens (including phenoxy) is 2. The van der Waals surface area contributed by atoms with Gasteiger partial charge in [0, 0.05) is 44.0 Å². The van der Waals surface area contributed by atoms with E-state index < -0.39 is 0 Å². The summed E-state index contributed by atoms with van der Waals surface area (Å²) < 4.78 is 11.8. The van der Waals surface area contributed by atoms with Gasteiger partial charge in [-0.1, -0.05) is 15.9 Å². The van der Waals surface area contributed by atoms with E-state index >= 15 is 0 Å². The summed E-state index contributed by atoms with van der Waals surface area (Å²) in [5, 5.41) is 3.40. The van der Waals surface area contributed by atoms with Crippen LogP contribution in [0.3, 0.4) is 0 Å². The van der Waals surface area contributed by atoms with Crippen LogP contribution in [0.1, 0.15) is 19.4 Å². The molecule has 0 aliphatic heterocycles. The maximum Gasteiger partial charge on any atom is 0.0644 e. The van der Waals surface area contributed by atoms with Crippen molar-refractivity contribution in [2.24, 2.45) is 0 Å². The van der Waals surface area contributed by atoms with Crippen LogP contribution in [0.2, 0.25) is 0 Å². The van der Waals surface area contributed by atoms with Gasteiger partial charge in [0.1, 0.15) is 0 Å². The summed E-state index contributed by atoms with van der Waals surface area (Å²) in [6.45, 7) is 8.14. The number of hydrogen-bond acceptors (Lipinski definition) is 4. The van der Waals surface area contributed by atoms with Crippen molar-refractivity contribution in [3.63, 3.8) is 0 Å². The quantitative estimate of drug-likeness (QED) is 0.651. The van der Waals surface area contributed by atoms with Gasteiger partial charge in [0.05, 0.1) is 19.3 Å². The Hall–Kier alpha value is -0.620. The number of methoxy groups -OCH3 is 1. The molecule has 1 rings (SSSR count). The lowest BCUT2D eigenvalue weighted by atomic mass is 10.1. The molecule has 1 aromatic rings. The molecule has 0 atom stereocenters. The summed E-state index contributed by atoms with van der Waals surface area (Å²) in [7, 11) is 3.82. The molecule has 0 fully saturated rings. The Kier molecular flexibility index (Phi) is 8.92. The fourth-order valence-electron chi connectivity index (χ4n) is 2.01. The number of nitrogens with one attached hydrogen (secondary N) is 1. The largest absolute Gasteiger partial charge is 0.383 e. The summed E-state index contributed by atoms with van der Waals surface area (Å²) in [6, 6.07) is 6.38. The van der Waals surface area contributed by atoms with Gasteiger partial charge in [-0.25, -0.2) is 0 Å². The van der Waals surface area contributed by atoms with Gasteiger partial charge in [-0.15, -0.1) is 0 Å². The van der Waals surface area contributed by atoms with E-state index in [-0.39, 0.29) is 6.10 Å². The fraction of sp³-hybridized carbons (Fsp3) is 0.625. The fourth-order valence-corrected chi connectivity index (χ4v) is 2.42. The maximum atomic E-state index is 5.63. The van der Waals surface area contributed by atoms with Crippen molar-refractivity contribution in [2.75, 3.05) is 45.4 Å². The second kappa shape index (κ2) is 10.2. The Bertz CT molecular complexity index is 413. The molecular formula is C16H27BrN2O2. The number of halogens is 1. The van der Waals surface area contributed by atoms with E-state index in [1.165, 1.54) is 11.3 Å². The first-order chi connectivity index (χ1) is 10.0. The van der Waals surface area contributed by atoms with Crippen molar-refractivity contribution in [1.29, 1.82) is 0 Å². The number of likely N-dealkylation sites (N-methyl/N-ethyl adjacent to an activating group) is 1. The van der Waals surface area contributed by atoms with Crippen molar-refractivity contribution >= 4 is 21.6 Å². The minimum atomic E-state index is 0.276. The maximum absolute atomic E-state index is 5.63. The smallest absolute Gasteiger partial charge is 0.0644 e. The Labute approximate surface area is 136 Å². The van der Waals surface area contributed by atoms with Crippen LogP contribution in [0.25, 0.3) is 0 Å². The minimum absolute atomic E-state index is 0.276. The van der Waals surface area contributed by atoms with Crippen LogP contribution in [0.15, 0.2) is 22.7 Å². The first kappa shape index (κ1) is 18.4. The number of anilines is 1. The monoisotopic (exact) mass is 358 g/mol. The van der Waals surface area contributed by atoms with Crippen LogP contribution in [0.4, 0.5) is 5.69 Å². The molecule has 0 bridgehead atoms. The van der Waals surface area contributed by atoms with E-state index in [4.69, 9.17) is 9.47 Å². The topological polar surface area (TPSA) is 33.7 Å². The predicted octanol–water partition coefficient (Wildman–Crippen LogP) is 3.05. The van der Waals surface area contributed by atoms with Crippen molar-refractivity contribution < 1.29 is 9.47 Å². The molecular weight excluding hydrogens is 332 g/mol. The molecule has 0 aromatic heterocycles. The Morgan fingerprint density at radius 3 is 2.71 bits per heavy atom. The van der Waals surface area contributed by atoms with Gasteiger partial charge in [-0.3, -0.25) is 0 Å². The second-order valence-corrected chi connectivity index (χ2v) is 6.20. The zero-order chi connectivity index (χ0) is 15.7. The van der Waals surface area contributed by atoms with Gasteiger partial charge in [0.15, 0.2) is 0 Å². The zero-order valence-corrected chi connectivity index (χ0v) is 15.1. The number of benzene rings is 1. The summed E-state index contributed by atoms with van der Waals surface area (Å²) in [6.07, 6.45) is 0.276. The van der Waals surface area contributed by atoms with Gasteiger partial charge in [-0.2, -0.15) is 0 Å². The van der Waals surface area contributed by atoms with E-state index in [1.807, 2.05) is 0 Å². The van der Waals surface area contributed by atoms with Gasteiger partial charge in [0.25, 0.3) is 0 Å². The molecule has 0 unspecified atom stereocenters. The summed E-state index contributed by atoms with van der Waals surface area (Å²) in [5.41, 5.74) is 2.50. The second-order valence-electron chi connectivity index (χ2n) is 5.28. The summed E-state index contributed by atoms with van der Waals surface area (Å²) in [5.74, 6) is 0. The van der Waals surface area contributed by atoms with Gasteiger partial charge >= 0.3 is 0 Å². The van der Waals surface area contributed by atoms with Crippen LogP contribution in [0, 0.1) is 0 Å². The molecule has 0 heterocycles. The van der Waals surface area contributed by atoms with E-state index in [0.717, 1.165) is 37.3 Å². The molecule has 120 valence electrons. The third-order valence-corrected chi connectivity index (χ3v) is 3.62. The predicted molar refractivity (Wildman–Crippen MR) is 92.1 cm³/mol. The summed E-state index contributed by atoms with van der Waals surface area (Å²) >= 11 is 3.54. The Morgan fingerprint density at radius 1 is 1.29 bits per heavy atom. The van der Waals surface area contributed by atoms with Gasteiger partial charge in [0.2, 0.25) is 0 Å². The van der Waals surface area contributed by atoms with E-state index in [0.29, 0.717) is 0 Å². The number of rotatable bonds is 10. The summed E-state index contributed by atoms with van der Waals surface area (Å²) in [4.78, 5) is 2.24. The van der Waals surface area contributed by atoms with E-state index in [1.54, 1.807) is 7.11 Å². The van der Waals surface area contributed by atoms with Crippen LogP contribution < -0.4 is 10.2 Å². The standard InChI is InChI=1S/C16H27BrN2O2/c1-13(2)21-10-8-19(3)16-6-5-15(17)11-14(16)12-18-7-9-20-4/h5-6,11,13,18H,7-10,12H2,1-4H3. The lowest BCUT2D eigenvalue weighted by Gasteiger charge is -2.23. The number of hydrogen-bond donors (Lipinski definition) is 1. The van der Waals surface area contributed by atoms with Crippen molar-refractivity contribution in [1.82, 2.24) is 5.32 Å². The highest BCUT2D eigenvalue weighted by atomic mass is 79.9. The third kappa shape index (κ3) is 7.27. The molecule has 5 heteroatoms. The Balaban J connectivity index is 2.62. The molecule has 21 heavy (non-hydrogen) atoms. The SMILES string of the molecule is COCCNCc1cc(Br)ccc1N(C)CCOC(C)C. The Morgan fingerprint density at radius 2 is 2.05 bits per heavy atom. The normalized spacial score (nSPS) is 11.1. The number of nitrogens with zero attached hydrogens (tertiary/aromatic N) is 1. The highest BCUT2D eigenvalue weighted by Gasteiger charge is 2.08. The highest BCUT2D eigenvalue weighted by Crippen LogP contribution is 2.23. The minimum Gasteiger partial charge on any atom is -0.383 e. The molecule has 1 N–H and O–H groups in total. The molecule has 4 nitrogen and oxygen atoms in total. The molecule has 0 amide bonds. The van der Waals surface area contributed by atoms with Crippen molar-refractivity contribution in [3.05, 3.63) is 28.2 Å². The molecule has 1 aromatic carbocycles. The van der Waals surface area contributed by atoms with Crippen molar-refractivity contribution in [3.8, 4) is 0 Å². The highest BCUT2D eigenvalue weighted by molar-refractivity contribution is 9.10. The van der Waals surface area contributed by atoms with Crippen molar-refractivity contribution in [2.45, 2.75) is 26.5 Å². The van der Waals surface area contributed by atoms with Crippen LogP contribution in [-0.4, -0.2) is 46.6 Å². The lowest BCUT2D eigenvalue weighted by molar-refractivity contribution is 0.0846. The first-order valence-corrected chi connectivity index (χ1v) is 8.14. The van der Waals surface area contributed by atoms with Gasteiger partial charge in [-0.05, 0) is 37.6 Å².